The summed E-state index contributed by atoms with van der Waals surface area (Å²) in [4.78, 5) is 0. The third-order valence-corrected chi connectivity index (χ3v) is 5.61. The zero-order chi connectivity index (χ0) is 12.6. The molecule has 1 aliphatic heterocycles. The van der Waals surface area contributed by atoms with Crippen LogP contribution in [0, 0.1) is 0 Å². The smallest absolute Gasteiger partial charge is 0.101 e. The van der Waals surface area contributed by atoms with E-state index in [1.54, 1.807) is 0 Å². The van der Waals surface area contributed by atoms with Gasteiger partial charge in [-0.3, -0.25) is 0 Å². The normalized spacial score (nSPS) is 29.8. The van der Waals surface area contributed by atoms with Crippen molar-refractivity contribution in [3.63, 3.8) is 0 Å². The second-order valence-corrected chi connectivity index (χ2v) is 7.65. The molecule has 0 amide bonds. The molecule has 0 aromatic carbocycles. The number of hydrogen-bond acceptors (Lipinski definition) is 1. The maximum absolute atomic E-state index is 12.4. The zero-order valence-electron chi connectivity index (χ0n) is 11.2. The fraction of sp³-hybridized carbons (Fsp3) is 0.846. The van der Waals surface area contributed by atoms with Crippen LogP contribution >= 0.6 is 0 Å². The van der Waals surface area contributed by atoms with Crippen molar-refractivity contribution in [3.05, 3.63) is 12.7 Å². The molecule has 16 heavy (non-hydrogen) atoms. The molecule has 3 atom stereocenters. The van der Waals surface area contributed by atoms with E-state index in [9.17, 15) is 4.21 Å². The third kappa shape index (κ3) is 2.12. The van der Waals surface area contributed by atoms with Gasteiger partial charge in [0.15, 0.2) is 0 Å². The molecule has 2 nitrogen and oxygen atoms in total. The molecule has 0 spiro atoms. The molecule has 1 saturated heterocycles. The first-order valence-electron chi connectivity index (χ1n) is 6.17. The molecule has 0 N–H and O–H groups in total. The van der Waals surface area contributed by atoms with Gasteiger partial charge >= 0.3 is 0 Å². The summed E-state index contributed by atoms with van der Waals surface area (Å²) in [6, 6.07) is 0.431. The number of hydrogen-bond donors (Lipinski definition) is 0. The van der Waals surface area contributed by atoms with Crippen LogP contribution in [0.4, 0.5) is 0 Å². The van der Waals surface area contributed by atoms with Gasteiger partial charge in [-0.1, -0.05) is 19.9 Å². The van der Waals surface area contributed by atoms with Gasteiger partial charge in [0.1, 0.15) is 11.0 Å². The molecular weight excluding hydrogens is 218 g/mol. The molecular formula is C13H25NOS. The maximum atomic E-state index is 12.4. The zero-order valence-corrected chi connectivity index (χ0v) is 12.1. The lowest BCUT2D eigenvalue weighted by atomic mass is 9.97. The standard InChI is InChI=1S/C13H25NOS/c1-7-10-11-13(8-2,9-3)14(11)16(15)12(4,5)6/h7,11H,1,8-10H2,2-6H3/t11-,14?,16?/m1/s1. The molecule has 0 aromatic rings. The van der Waals surface area contributed by atoms with Gasteiger partial charge in [0.2, 0.25) is 0 Å². The summed E-state index contributed by atoms with van der Waals surface area (Å²) < 4.78 is 14.5. The predicted octanol–water partition coefficient (Wildman–Crippen LogP) is 3.27. The summed E-state index contributed by atoms with van der Waals surface area (Å²) in [5.41, 5.74) is 0.159. The molecule has 1 rings (SSSR count). The van der Waals surface area contributed by atoms with Gasteiger partial charge in [-0.2, -0.15) is 0 Å². The molecule has 0 aromatic heterocycles. The van der Waals surface area contributed by atoms with Crippen molar-refractivity contribution in [2.45, 2.75) is 70.2 Å². The molecule has 1 aliphatic rings. The van der Waals surface area contributed by atoms with Gasteiger partial charge in [-0.25, -0.2) is 8.51 Å². The SMILES string of the molecule is C=CC[C@H]1N(S(=O)C(C)(C)C)C1(CC)CC. The minimum absolute atomic E-state index is 0.159. The highest BCUT2D eigenvalue weighted by atomic mass is 32.2. The van der Waals surface area contributed by atoms with Crippen LogP contribution in [0.3, 0.4) is 0 Å². The lowest BCUT2D eigenvalue weighted by Gasteiger charge is -2.21. The summed E-state index contributed by atoms with van der Waals surface area (Å²) in [7, 11) is -0.893. The molecule has 0 saturated carbocycles. The Kier molecular flexibility index (Phi) is 4.01. The minimum Gasteiger partial charge on any atom is -0.242 e. The van der Waals surface area contributed by atoms with Crippen LogP contribution in [0.25, 0.3) is 0 Å². The van der Waals surface area contributed by atoms with Crippen molar-refractivity contribution in [1.29, 1.82) is 0 Å². The average molecular weight is 243 g/mol. The summed E-state index contributed by atoms with van der Waals surface area (Å²) in [6.45, 7) is 14.3. The topological polar surface area (TPSA) is 20.1 Å². The molecule has 0 radical (unpaired) electrons. The highest BCUT2D eigenvalue weighted by molar-refractivity contribution is 7.84. The summed E-state index contributed by atoms with van der Waals surface area (Å²) in [6.07, 6.45) is 5.04. The van der Waals surface area contributed by atoms with Crippen LogP contribution in [0.2, 0.25) is 0 Å². The van der Waals surface area contributed by atoms with Crippen LogP contribution in [-0.4, -0.2) is 24.8 Å². The first kappa shape index (κ1) is 13.9. The van der Waals surface area contributed by atoms with E-state index in [-0.39, 0.29) is 10.3 Å². The highest BCUT2D eigenvalue weighted by Crippen LogP contribution is 2.51. The Bertz CT molecular complexity index is 289. The van der Waals surface area contributed by atoms with Crippen LogP contribution in [0.1, 0.15) is 53.9 Å². The van der Waals surface area contributed by atoms with E-state index in [2.05, 4.69) is 24.7 Å². The number of rotatable bonds is 5. The van der Waals surface area contributed by atoms with E-state index in [0.717, 1.165) is 19.3 Å². The molecule has 0 aliphatic carbocycles. The quantitative estimate of drug-likeness (QED) is 0.536. The Labute approximate surface area is 103 Å². The van der Waals surface area contributed by atoms with Crippen LogP contribution in [-0.2, 0) is 11.0 Å². The van der Waals surface area contributed by atoms with Crippen molar-refractivity contribution >= 4 is 11.0 Å². The highest BCUT2D eigenvalue weighted by Gasteiger charge is 2.63. The Hall–Kier alpha value is -0.150. The van der Waals surface area contributed by atoms with Gasteiger partial charge in [-0.15, -0.1) is 6.58 Å². The number of nitrogens with zero attached hydrogens (tertiary/aromatic N) is 1. The lowest BCUT2D eigenvalue weighted by Crippen LogP contribution is -2.31. The first-order chi connectivity index (χ1) is 7.35. The van der Waals surface area contributed by atoms with Gasteiger partial charge in [-0.05, 0) is 40.0 Å². The Morgan fingerprint density at radius 1 is 1.38 bits per heavy atom. The van der Waals surface area contributed by atoms with E-state index >= 15 is 0 Å². The van der Waals surface area contributed by atoms with Crippen LogP contribution in [0.5, 0.6) is 0 Å². The van der Waals surface area contributed by atoms with E-state index in [1.165, 1.54) is 0 Å². The van der Waals surface area contributed by atoms with Gasteiger partial charge in [0, 0.05) is 6.04 Å². The average Bonchev–Trinajstić information content (AvgIpc) is 2.84. The van der Waals surface area contributed by atoms with E-state index in [4.69, 9.17) is 0 Å². The maximum Gasteiger partial charge on any atom is 0.101 e. The summed E-state index contributed by atoms with van der Waals surface area (Å²) >= 11 is 0. The van der Waals surface area contributed by atoms with Crippen LogP contribution in [0.15, 0.2) is 12.7 Å². The fourth-order valence-electron chi connectivity index (χ4n) is 2.49. The monoisotopic (exact) mass is 243 g/mol. The molecule has 0 bridgehead atoms. The second kappa shape index (κ2) is 4.61. The second-order valence-electron chi connectivity index (χ2n) is 5.54. The molecule has 3 heteroatoms. The van der Waals surface area contributed by atoms with Crippen molar-refractivity contribution in [3.8, 4) is 0 Å². The predicted molar refractivity (Wildman–Crippen MR) is 71.6 cm³/mol. The van der Waals surface area contributed by atoms with Crippen molar-refractivity contribution in [2.24, 2.45) is 0 Å². The Morgan fingerprint density at radius 2 is 1.88 bits per heavy atom. The van der Waals surface area contributed by atoms with Gasteiger partial charge in [0.05, 0.1) is 10.3 Å². The molecule has 1 heterocycles. The molecule has 1 fully saturated rings. The Morgan fingerprint density at radius 3 is 2.19 bits per heavy atom. The molecule has 2 unspecified atom stereocenters. The van der Waals surface area contributed by atoms with Crippen LogP contribution < -0.4 is 0 Å². The van der Waals surface area contributed by atoms with E-state index in [1.807, 2.05) is 26.8 Å². The van der Waals surface area contributed by atoms with Gasteiger partial charge < -0.3 is 0 Å². The minimum atomic E-state index is -0.893. The third-order valence-electron chi connectivity index (χ3n) is 3.59. The van der Waals surface area contributed by atoms with Gasteiger partial charge in [0.25, 0.3) is 0 Å². The largest absolute Gasteiger partial charge is 0.242 e. The Balaban J connectivity index is 2.89. The summed E-state index contributed by atoms with van der Waals surface area (Å²) in [5, 5.41) is 0. The first-order valence-corrected chi connectivity index (χ1v) is 7.28. The van der Waals surface area contributed by atoms with Crippen molar-refractivity contribution < 1.29 is 4.21 Å². The summed E-state index contributed by atoms with van der Waals surface area (Å²) in [5.74, 6) is 0. The lowest BCUT2D eigenvalue weighted by molar-refractivity contribution is 0.489. The van der Waals surface area contributed by atoms with E-state index < -0.39 is 11.0 Å². The van der Waals surface area contributed by atoms with Crippen molar-refractivity contribution in [2.75, 3.05) is 0 Å². The van der Waals surface area contributed by atoms with Crippen molar-refractivity contribution in [1.82, 2.24) is 4.31 Å². The molecule has 94 valence electrons. The fourth-order valence-corrected chi connectivity index (χ4v) is 4.26. The van der Waals surface area contributed by atoms with E-state index in [0.29, 0.717) is 6.04 Å².